The summed E-state index contributed by atoms with van der Waals surface area (Å²) < 4.78 is 19.4. The van der Waals surface area contributed by atoms with E-state index in [-0.39, 0.29) is 11.9 Å². The molecule has 0 radical (unpaired) electrons. The van der Waals surface area contributed by atoms with E-state index in [9.17, 15) is 4.39 Å². The minimum atomic E-state index is -0.285. The number of nitrogens with two attached hydrogens (primary N) is 1. The topological polar surface area (TPSA) is 35.2 Å². The summed E-state index contributed by atoms with van der Waals surface area (Å²) in [4.78, 5) is 0. The third kappa shape index (κ3) is 6.06. The van der Waals surface area contributed by atoms with Crippen LogP contribution in [0.15, 0.2) is 18.2 Å². The summed E-state index contributed by atoms with van der Waals surface area (Å²) in [6.07, 6.45) is 6.48. The van der Waals surface area contributed by atoms with Crippen molar-refractivity contribution >= 4 is 0 Å². The highest BCUT2D eigenvalue weighted by molar-refractivity contribution is 5.35. The second kappa shape index (κ2) is 8.92. The number of rotatable bonds is 9. The van der Waals surface area contributed by atoms with Gasteiger partial charge in [-0.1, -0.05) is 44.7 Å². The fourth-order valence-electron chi connectivity index (χ4n) is 2.10. The predicted molar refractivity (Wildman–Crippen MR) is 78.0 cm³/mol. The largest absolute Gasteiger partial charge is 0.490 e. The minimum Gasteiger partial charge on any atom is -0.490 e. The van der Waals surface area contributed by atoms with Gasteiger partial charge < -0.3 is 10.5 Å². The first-order valence-electron chi connectivity index (χ1n) is 7.31. The molecule has 1 unspecified atom stereocenters. The van der Waals surface area contributed by atoms with E-state index in [0.29, 0.717) is 18.8 Å². The molecular weight excluding hydrogens is 241 g/mol. The van der Waals surface area contributed by atoms with Crippen molar-refractivity contribution in [3.63, 3.8) is 0 Å². The molecule has 2 N–H and O–H groups in total. The summed E-state index contributed by atoms with van der Waals surface area (Å²) in [5, 5.41) is 0. The second-order valence-electron chi connectivity index (χ2n) is 5.17. The molecule has 0 aromatic heterocycles. The van der Waals surface area contributed by atoms with Crippen LogP contribution in [0.2, 0.25) is 0 Å². The summed E-state index contributed by atoms with van der Waals surface area (Å²) in [5.41, 5.74) is 6.64. The maximum atomic E-state index is 13.8. The molecule has 0 bridgehead atoms. The normalized spacial score (nSPS) is 12.4. The van der Waals surface area contributed by atoms with Crippen LogP contribution in [0.4, 0.5) is 4.39 Å². The standard InChI is InChI=1S/C16H26FNO/c1-3-4-5-6-7-11-19-16-14(12-13(2)18)9-8-10-15(16)17/h8-10,13H,3-7,11-12,18H2,1-2H3. The Kier molecular flexibility index (Phi) is 7.49. The molecule has 0 saturated carbocycles. The number of benzene rings is 1. The molecule has 19 heavy (non-hydrogen) atoms. The first-order chi connectivity index (χ1) is 9.15. The van der Waals surface area contributed by atoms with Crippen LogP contribution in [-0.4, -0.2) is 12.6 Å². The Bertz CT molecular complexity index is 366. The van der Waals surface area contributed by atoms with Crippen molar-refractivity contribution in [2.45, 2.75) is 58.4 Å². The predicted octanol–water partition coefficient (Wildman–Crippen LogP) is 4.06. The molecule has 0 heterocycles. The molecule has 1 rings (SSSR count). The van der Waals surface area contributed by atoms with E-state index >= 15 is 0 Å². The van der Waals surface area contributed by atoms with Crippen molar-refractivity contribution in [3.05, 3.63) is 29.6 Å². The molecule has 1 aromatic rings. The Hall–Kier alpha value is -1.09. The minimum absolute atomic E-state index is 0.00806. The average molecular weight is 267 g/mol. The van der Waals surface area contributed by atoms with Gasteiger partial charge >= 0.3 is 0 Å². The lowest BCUT2D eigenvalue weighted by Gasteiger charge is -2.13. The van der Waals surface area contributed by atoms with Gasteiger partial charge in [0.2, 0.25) is 0 Å². The molecule has 3 heteroatoms. The van der Waals surface area contributed by atoms with Crippen molar-refractivity contribution in [1.82, 2.24) is 0 Å². The number of hydrogen-bond acceptors (Lipinski definition) is 2. The summed E-state index contributed by atoms with van der Waals surface area (Å²) in [6.45, 7) is 4.69. The van der Waals surface area contributed by atoms with Crippen LogP contribution in [0.5, 0.6) is 5.75 Å². The Morgan fingerprint density at radius 3 is 2.63 bits per heavy atom. The van der Waals surface area contributed by atoms with Crippen molar-refractivity contribution in [1.29, 1.82) is 0 Å². The quantitative estimate of drug-likeness (QED) is 0.685. The van der Waals surface area contributed by atoms with Crippen LogP contribution in [0.1, 0.15) is 51.5 Å². The van der Waals surface area contributed by atoms with E-state index in [1.165, 1.54) is 25.3 Å². The zero-order valence-electron chi connectivity index (χ0n) is 12.1. The monoisotopic (exact) mass is 267 g/mol. The zero-order valence-corrected chi connectivity index (χ0v) is 12.1. The van der Waals surface area contributed by atoms with Crippen LogP contribution in [0, 0.1) is 5.82 Å². The Morgan fingerprint density at radius 1 is 1.21 bits per heavy atom. The van der Waals surface area contributed by atoms with Gasteiger partial charge in [0.05, 0.1) is 6.61 Å². The summed E-state index contributed by atoms with van der Waals surface area (Å²) in [5.74, 6) is 0.0991. The molecule has 1 aromatic carbocycles. The molecule has 0 spiro atoms. The van der Waals surface area contributed by atoms with Crippen LogP contribution in [-0.2, 0) is 6.42 Å². The first kappa shape index (κ1) is 16.0. The molecular formula is C16H26FNO. The van der Waals surface area contributed by atoms with E-state index in [1.807, 2.05) is 13.0 Å². The molecule has 0 aliphatic rings. The maximum absolute atomic E-state index is 13.8. The number of unbranched alkanes of at least 4 members (excludes halogenated alkanes) is 4. The summed E-state index contributed by atoms with van der Waals surface area (Å²) in [7, 11) is 0. The van der Waals surface area contributed by atoms with Gasteiger partial charge in [0.1, 0.15) is 0 Å². The Balaban J connectivity index is 2.47. The summed E-state index contributed by atoms with van der Waals surface area (Å²) in [6, 6.07) is 5.05. The lowest BCUT2D eigenvalue weighted by atomic mass is 10.1. The molecule has 0 aliphatic heterocycles. The van der Waals surface area contributed by atoms with Crippen molar-refractivity contribution < 1.29 is 9.13 Å². The van der Waals surface area contributed by atoms with E-state index in [4.69, 9.17) is 10.5 Å². The average Bonchev–Trinajstić information content (AvgIpc) is 2.35. The fourth-order valence-corrected chi connectivity index (χ4v) is 2.10. The molecule has 0 fully saturated rings. The fraction of sp³-hybridized carbons (Fsp3) is 0.625. The van der Waals surface area contributed by atoms with Crippen LogP contribution >= 0.6 is 0 Å². The highest BCUT2D eigenvalue weighted by atomic mass is 19.1. The third-order valence-corrected chi connectivity index (χ3v) is 3.08. The zero-order chi connectivity index (χ0) is 14.1. The van der Waals surface area contributed by atoms with Gasteiger partial charge in [0.15, 0.2) is 11.6 Å². The summed E-state index contributed by atoms with van der Waals surface area (Å²) >= 11 is 0. The van der Waals surface area contributed by atoms with Crippen molar-refractivity contribution in [2.24, 2.45) is 5.73 Å². The lowest BCUT2D eigenvalue weighted by molar-refractivity contribution is 0.286. The van der Waals surface area contributed by atoms with Crippen molar-refractivity contribution in [2.75, 3.05) is 6.61 Å². The number of hydrogen-bond donors (Lipinski definition) is 1. The van der Waals surface area contributed by atoms with Gasteiger partial charge in [-0.15, -0.1) is 0 Å². The molecule has 0 amide bonds. The Morgan fingerprint density at radius 2 is 1.95 bits per heavy atom. The van der Waals surface area contributed by atoms with Gasteiger partial charge in [-0.2, -0.15) is 0 Å². The SMILES string of the molecule is CCCCCCCOc1c(F)cccc1CC(C)N. The molecule has 0 saturated heterocycles. The maximum Gasteiger partial charge on any atom is 0.165 e. The van der Waals surface area contributed by atoms with Crippen LogP contribution < -0.4 is 10.5 Å². The van der Waals surface area contributed by atoms with E-state index in [0.717, 1.165) is 18.4 Å². The van der Waals surface area contributed by atoms with Crippen molar-refractivity contribution in [3.8, 4) is 5.75 Å². The molecule has 2 nitrogen and oxygen atoms in total. The van der Waals surface area contributed by atoms with Crippen LogP contribution in [0.25, 0.3) is 0 Å². The lowest BCUT2D eigenvalue weighted by Crippen LogP contribution is -2.18. The van der Waals surface area contributed by atoms with E-state index in [2.05, 4.69) is 6.92 Å². The Labute approximate surface area is 116 Å². The van der Waals surface area contributed by atoms with Gasteiger partial charge in [-0.3, -0.25) is 0 Å². The third-order valence-electron chi connectivity index (χ3n) is 3.08. The highest BCUT2D eigenvalue weighted by Gasteiger charge is 2.11. The number of para-hydroxylation sites is 1. The molecule has 1 atom stereocenters. The van der Waals surface area contributed by atoms with Gasteiger partial charge in [0.25, 0.3) is 0 Å². The molecule has 108 valence electrons. The first-order valence-corrected chi connectivity index (χ1v) is 7.31. The smallest absolute Gasteiger partial charge is 0.165 e. The second-order valence-corrected chi connectivity index (χ2v) is 5.17. The number of ether oxygens (including phenoxy) is 1. The van der Waals surface area contributed by atoms with Crippen LogP contribution in [0.3, 0.4) is 0 Å². The van der Waals surface area contributed by atoms with E-state index in [1.54, 1.807) is 6.07 Å². The van der Waals surface area contributed by atoms with E-state index < -0.39 is 0 Å². The molecule has 0 aliphatic carbocycles. The highest BCUT2D eigenvalue weighted by Crippen LogP contribution is 2.24. The van der Waals surface area contributed by atoms with Gasteiger partial charge in [-0.25, -0.2) is 4.39 Å². The number of halogens is 1. The van der Waals surface area contributed by atoms with Gasteiger partial charge in [-0.05, 0) is 31.4 Å². The van der Waals surface area contributed by atoms with Gasteiger partial charge in [0, 0.05) is 6.04 Å².